The van der Waals surface area contributed by atoms with Gasteiger partial charge in [-0.25, -0.2) is 0 Å². The van der Waals surface area contributed by atoms with Crippen molar-refractivity contribution < 1.29 is 4.79 Å². The standard InChI is InChI=1S/C6H12N2O/c1-2-4-3-5(7)6(9)8-4/h4-5H,2-3,7H2,1H3,(H,8,9). The summed E-state index contributed by atoms with van der Waals surface area (Å²) < 4.78 is 0. The molecule has 0 aliphatic carbocycles. The lowest BCUT2D eigenvalue weighted by atomic mass is 10.1. The van der Waals surface area contributed by atoms with Crippen LogP contribution in [0.3, 0.4) is 0 Å². The Labute approximate surface area is 54.6 Å². The highest BCUT2D eigenvalue weighted by Crippen LogP contribution is 2.07. The Morgan fingerprint density at radius 2 is 2.56 bits per heavy atom. The van der Waals surface area contributed by atoms with Crippen LogP contribution >= 0.6 is 0 Å². The van der Waals surface area contributed by atoms with Gasteiger partial charge >= 0.3 is 0 Å². The Bertz CT molecular complexity index is 124. The first-order valence-corrected chi connectivity index (χ1v) is 3.30. The maximum Gasteiger partial charge on any atom is 0.237 e. The van der Waals surface area contributed by atoms with E-state index in [1.807, 2.05) is 6.92 Å². The Morgan fingerprint density at radius 1 is 1.89 bits per heavy atom. The molecule has 0 spiro atoms. The van der Waals surface area contributed by atoms with E-state index >= 15 is 0 Å². The predicted octanol–water partition coefficient (Wildman–Crippen LogP) is -0.388. The fourth-order valence-electron chi connectivity index (χ4n) is 1.05. The molecule has 0 aromatic heterocycles. The van der Waals surface area contributed by atoms with Gasteiger partial charge in [0.25, 0.3) is 0 Å². The second-order valence-electron chi connectivity index (χ2n) is 2.46. The van der Waals surface area contributed by atoms with Crippen LogP contribution in [0.4, 0.5) is 0 Å². The van der Waals surface area contributed by atoms with Crippen LogP contribution in [-0.2, 0) is 4.79 Å². The molecule has 0 aromatic carbocycles. The van der Waals surface area contributed by atoms with Crippen LogP contribution in [0.15, 0.2) is 0 Å². The molecule has 1 rings (SSSR count). The lowest BCUT2D eigenvalue weighted by molar-refractivity contribution is -0.120. The van der Waals surface area contributed by atoms with Gasteiger partial charge < -0.3 is 11.1 Å². The zero-order chi connectivity index (χ0) is 6.85. The third-order valence-electron chi connectivity index (χ3n) is 1.71. The van der Waals surface area contributed by atoms with Crippen LogP contribution in [0.5, 0.6) is 0 Å². The normalized spacial score (nSPS) is 34.7. The summed E-state index contributed by atoms with van der Waals surface area (Å²) in [6.45, 7) is 2.04. The average Bonchev–Trinajstić information content (AvgIpc) is 2.13. The average molecular weight is 128 g/mol. The molecule has 1 heterocycles. The molecule has 3 N–H and O–H groups in total. The van der Waals surface area contributed by atoms with Gasteiger partial charge in [-0.3, -0.25) is 4.79 Å². The number of nitrogens with one attached hydrogen (secondary N) is 1. The molecule has 1 amide bonds. The quantitative estimate of drug-likeness (QED) is 0.505. The summed E-state index contributed by atoms with van der Waals surface area (Å²) in [5, 5.41) is 2.79. The zero-order valence-electron chi connectivity index (χ0n) is 5.55. The van der Waals surface area contributed by atoms with E-state index in [-0.39, 0.29) is 11.9 Å². The minimum absolute atomic E-state index is 0.00171. The molecule has 1 aliphatic rings. The second-order valence-corrected chi connectivity index (χ2v) is 2.46. The van der Waals surface area contributed by atoms with Gasteiger partial charge in [0.2, 0.25) is 5.91 Å². The van der Waals surface area contributed by atoms with Crippen molar-refractivity contribution in [2.24, 2.45) is 5.73 Å². The van der Waals surface area contributed by atoms with Crippen LogP contribution in [0.25, 0.3) is 0 Å². The van der Waals surface area contributed by atoms with Crippen molar-refractivity contribution in [3.05, 3.63) is 0 Å². The van der Waals surface area contributed by atoms with Gasteiger partial charge in [-0.15, -0.1) is 0 Å². The summed E-state index contributed by atoms with van der Waals surface area (Å²) >= 11 is 0. The number of hydrogen-bond acceptors (Lipinski definition) is 2. The molecule has 3 heteroatoms. The van der Waals surface area contributed by atoms with Gasteiger partial charge in [0.15, 0.2) is 0 Å². The molecule has 1 fully saturated rings. The number of carbonyl (C=O) groups is 1. The van der Waals surface area contributed by atoms with Crippen LogP contribution in [0.1, 0.15) is 19.8 Å². The highest BCUT2D eigenvalue weighted by Gasteiger charge is 2.26. The van der Waals surface area contributed by atoms with Gasteiger partial charge in [-0.05, 0) is 12.8 Å². The van der Waals surface area contributed by atoms with Crippen LogP contribution in [0.2, 0.25) is 0 Å². The summed E-state index contributed by atoms with van der Waals surface area (Å²) in [4.78, 5) is 10.7. The van der Waals surface area contributed by atoms with Crippen molar-refractivity contribution in [1.82, 2.24) is 5.32 Å². The summed E-state index contributed by atoms with van der Waals surface area (Å²) in [5.74, 6) is 0.00171. The molecule has 0 bridgehead atoms. The Kier molecular flexibility index (Phi) is 1.71. The van der Waals surface area contributed by atoms with Gasteiger partial charge in [0.05, 0.1) is 6.04 Å². The molecule has 0 radical (unpaired) electrons. The first-order valence-electron chi connectivity index (χ1n) is 3.30. The second kappa shape index (κ2) is 2.35. The first kappa shape index (κ1) is 6.55. The Hall–Kier alpha value is -0.570. The molecular weight excluding hydrogens is 116 g/mol. The lowest BCUT2D eigenvalue weighted by Gasteiger charge is -2.02. The Morgan fingerprint density at radius 3 is 2.78 bits per heavy atom. The predicted molar refractivity (Wildman–Crippen MR) is 34.8 cm³/mol. The number of amides is 1. The van der Waals surface area contributed by atoms with Crippen molar-refractivity contribution in [2.45, 2.75) is 31.8 Å². The number of hydrogen-bond donors (Lipinski definition) is 2. The van der Waals surface area contributed by atoms with E-state index in [0.29, 0.717) is 6.04 Å². The fourth-order valence-corrected chi connectivity index (χ4v) is 1.05. The van der Waals surface area contributed by atoms with Gasteiger partial charge in [-0.1, -0.05) is 6.92 Å². The van der Waals surface area contributed by atoms with Crippen LogP contribution in [0, 0.1) is 0 Å². The summed E-state index contributed by atoms with van der Waals surface area (Å²) in [5.41, 5.74) is 5.43. The fraction of sp³-hybridized carbons (Fsp3) is 0.833. The molecular formula is C6H12N2O. The van der Waals surface area contributed by atoms with E-state index in [2.05, 4.69) is 5.32 Å². The minimum Gasteiger partial charge on any atom is -0.352 e. The van der Waals surface area contributed by atoms with Crippen molar-refractivity contribution in [2.75, 3.05) is 0 Å². The van der Waals surface area contributed by atoms with Gasteiger partial charge in [0.1, 0.15) is 0 Å². The van der Waals surface area contributed by atoms with E-state index in [4.69, 9.17) is 5.73 Å². The monoisotopic (exact) mass is 128 g/mol. The third kappa shape index (κ3) is 1.21. The summed E-state index contributed by atoms with van der Waals surface area (Å²) in [6.07, 6.45) is 1.79. The smallest absolute Gasteiger partial charge is 0.237 e. The highest BCUT2D eigenvalue weighted by atomic mass is 16.2. The Balaban J connectivity index is 2.44. The number of carbonyl (C=O) groups excluding carboxylic acids is 1. The minimum atomic E-state index is -0.255. The maximum atomic E-state index is 10.7. The maximum absolute atomic E-state index is 10.7. The lowest BCUT2D eigenvalue weighted by Crippen LogP contribution is -2.31. The summed E-state index contributed by atoms with van der Waals surface area (Å²) in [7, 11) is 0. The molecule has 52 valence electrons. The van der Waals surface area contributed by atoms with Gasteiger partial charge in [-0.2, -0.15) is 0 Å². The molecule has 0 saturated carbocycles. The van der Waals surface area contributed by atoms with E-state index in [0.717, 1.165) is 12.8 Å². The molecule has 3 nitrogen and oxygen atoms in total. The van der Waals surface area contributed by atoms with Crippen molar-refractivity contribution in [3.63, 3.8) is 0 Å². The van der Waals surface area contributed by atoms with Crippen molar-refractivity contribution in [1.29, 1.82) is 0 Å². The van der Waals surface area contributed by atoms with Crippen molar-refractivity contribution >= 4 is 5.91 Å². The van der Waals surface area contributed by atoms with E-state index in [1.165, 1.54) is 0 Å². The largest absolute Gasteiger partial charge is 0.352 e. The van der Waals surface area contributed by atoms with E-state index in [9.17, 15) is 4.79 Å². The van der Waals surface area contributed by atoms with Gasteiger partial charge in [0, 0.05) is 6.04 Å². The number of nitrogens with two attached hydrogens (primary N) is 1. The molecule has 1 aliphatic heterocycles. The topological polar surface area (TPSA) is 55.1 Å². The van der Waals surface area contributed by atoms with Crippen LogP contribution in [-0.4, -0.2) is 18.0 Å². The third-order valence-corrected chi connectivity index (χ3v) is 1.71. The summed E-state index contributed by atoms with van der Waals surface area (Å²) in [6, 6.07) is 0.0717. The molecule has 2 unspecified atom stereocenters. The highest BCUT2D eigenvalue weighted by molar-refractivity contribution is 5.84. The zero-order valence-corrected chi connectivity index (χ0v) is 5.55. The molecule has 9 heavy (non-hydrogen) atoms. The molecule has 0 aromatic rings. The van der Waals surface area contributed by atoms with E-state index in [1.54, 1.807) is 0 Å². The molecule has 1 saturated heterocycles. The molecule has 2 atom stereocenters. The van der Waals surface area contributed by atoms with Crippen LogP contribution < -0.4 is 11.1 Å². The number of rotatable bonds is 1. The SMILES string of the molecule is CCC1CC(N)C(=O)N1. The first-order chi connectivity index (χ1) is 4.24. The van der Waals surface area contributed by atoms with Crippen molar-refractivity contribution in [3.8, 4) is 0 Å². The van der Waals surface area contributed by atoms with E-state index < -0.39 is 0 Å².